The van der Waals surface area contributed by atoms with Crippen molar-refractivity contribution in [3.05, 3.63) is 66.0 Å². The summed E-state index contributed by atoms with van der Waals surface area (Å²) in [4.78, 5) is 19.8. The Morgan fingerprint density at radius 1 is 1.04 bits per heavy atom. The molecule has 2 aliphatic heterocycles. The summed E-state index contributed by atoms with van der Waals surface area (Å²) in [6, 6.07) is 9.98. The first kappa shape index (κ1) is 16.3. The minimum Gasteiger partial charge on any atom is -0.376 e. The van der Waals surface area contributed by atoms with Crippen LogP contribution in [-0.4, -0.2) is 39.6 Å². The zero-order chi connectivity index (χ0) is 18.3. The first-order valence-electron chi connectivity index (χ1n) is 8.96. The van der Waals surface area contributed by atoms with E-state index in [0.29, 0.717) is 25.7 Å². The molecule has 0 bridgehead atoms. The summed E-state index contributed by atoms with van der Waals surface area (Å²) < 4.78 is 19.0. The van der Waals surface area contributed by atoms with Crippen molar-refractivity contribution in [2.24, 2.45) is 0 Å². The zero-order valence-electron chi connectivity index (χ0n) is 14.7. The molecule has 5 rings (SSSR count). The molecule has 2 aromatic heterocycles. The first-order chi connectivity index (χ1) is 13.2. The Balaban J connectivity index is 1.51. The summed E-state index contributed by atoms with van der Waals surface area (Å²) in [5.74, 6) is 0.837. The molecule has 4 heterocycles. The molecule has 0 saturated carbocycles. The highest BCUT2D eigenvalue weighted by atomic mass is 19.1. The van der Waals surface area contributed by atoms with Crippen LogP contribution in [0.15, 0.2) is 48.9 Å². The lowest BCUT2D eigenvalue weighted by Crippen LogP contribution is -2.40. The van der Waals surface area contributed by atoms with E-state index in [2.05, 4.69) is 19.9 Å². The second-order valence-electron chi connectivity index (χ2n) is 7.08. The summed E-state index contributed by atoms with van der Waals surface area (Å²) in [7, 11) is 0. The highest BCUT2D eigenvalue weighted by Crippen LogP contribution is 2.40. The van der Waals surface area contributed by atoms with Gasteiger partial charge in [-0.1, -0.05) is 30.3 Å². The average molecular weight is 363 g/mol. The third kappa shape index (κ3) is 2.84. The Hall–Kier alpha value is -2.93. The van der Waals surface area contributed by atoms with Crippen molar-refractivity contribution < 1.29 is 9.13 Å². The van der Waals surface area contributed by atoms with Crippen LogP contribution in [0.4, 0.5) is 10.3 Å². The lowest BCUT2D eigenvalue weighted by molar-refractivity contribution is 0.0557. The summed E-state index contributed by atoms with van der Waals surface area (Å²) in [5, 5.41) is 0. The van der Waals surface area contributed by atoms with Crippen molar-refractivity contribution in [3.8, 4) is 11.4 Å². The SMILES string of the molecule is Fc1cnc(N2CC[C@@]3(COCc4cnc(-c5ccccc5)nc43)C2)nc1. The Bertz CT molecular complexity index is 966. The van der Waals surface area contributed by atoms with Crippen LogP contribution in [0.5, 0.6) is 0 Å². The van der Waals surface area contributed by atoms with E-state index >= 15 is 0 Å². The molecule has 1 atom stereocenters. The molecule has 6 nitrogen and oxygen atoms in total. The Morgan fingerprint density at radius 2 is 1.85 bits per heavy atom. The molecule has 7 heteroatoms. The number of rotatable bonds is 2. The maximum atomic E-state index is 13.1. The van der Waals surface area contributed by atoms with Gasteiger partial charge in [0.15, 0.2) is 11.6 Å². The van der Waals surface area contributed by atoms with Crippen LogP contribution in [0, 0.1) is 5.82 Å². The second-order valence-corrected chi connectivity index (χ2v) is 7.08. The Morgan fingerprint density at radius 3 is 2.67 bits per heavy atom. The molecular weight excluding hydrogens is 345 g/mol. The molecule has 0 unspecified atom stereocenters. The Kier molecular flexibility index (Phi) is 3.82. The average Bonchev–Trinajstić information content (AvgIpc) is 3.14. The van der Waals surface area contributed by atoms with Gasteiger partial charge in [-0.15, -0.1) is 0 Å². The largest absolute Gasteiger partial charge is 0.376 e. The van der Waals surface area contributed by atoms with Crippen molar-refractivity contribution >= 4 is 5.95 Å². The molecule has 1 fully saturated rings. The molecule has 136 valence electrons. The van der Waals surface area contributed by atoms with Gasteiger partial charge < -0.3 is 9.64 Å². The molecule has 0 radical (unpaired) electrons. The fraction of sp³-hybridized carbons (Fsp3) is 0.300. The molecule has 1 saturated heterocycles. The van der Waals surface area contributed by atoms with E-state index in [1.165, 1.54) is 12.4 Å². The molecule has 2 aliphatic rings. The molecule has 0 N–H and O–H groups in total. The lowest BCUT2D eigenvalue weighted by Gasteiger charge is -2.34. The van der Waals surface area contributed by atoms with Crippen molar-refractivity contribution in [3.63, 3.8) is 0 Å². The number of anilines is 1. The van der Waals surface area contributed by atoms with Crippen molar-refractivity contribution in [1.29, 1.82) is 0 Å². The van der Waals surface area contributed by atoms with E-state index in [1.807, 2.05) is 36.5 Å². The van der Waals surface area contributed by atoms with Gasteiger partial charge in [0.1, 0.15) is 0 Å². The quantitative estimate of drug-likeness (QED) is 0.698. The van der Waals surface area contributed by atoms with Crippen molar-refractivity contribution in [2.75, 3.05) is 24.6 Å². The number of halogens is 1. The maximum Gasteiger partial charge on any atom is 0.225 e. The van der Waals surface area contributed by atoms with Gasteiger partial charge in [-0.3, -0.25) is 0 Å². The molecule has 0 aliphatic carbocycles. The van der Waals surface area contributed by atoms with Crippen LogP contribution in [0.2, 0.25) is 0 Å². The van der Waals surface area contributed by atoms with Gasteiger partial charge in [0.05, 0.1) is 36.7 Å². The first-order valence-corrected chi connectivity index (χ1v) is 8.96. The smallest absolute Gasteiger partial charge is 0.225 e. The summed E-state index contributed by atoms with van der Waals surface area (Å²) in [6.07, 6.45) is 5.16. The van der Waals surface area contributed by atoms with Crippen molar-refractivity contribution in [2.45, 2.75) is 18.4 Å². The third-order valence-corrected chi connectivity index (χ3v) is 5.28. The molecule has 1 spiro atoms. The summed E-state index contributed by atoms with van der Waals surface area (Å²) in [5.41, 5.74) is 2.85. The topological polar surface area (TPSA) is 64.0 Å². The van der Waals surface area contributed by atoms with E-state index in [4.69, 9.17) is 9.72 Å². The molecular formula is C20H18FN5O. The molecule has 1 aromatic carbocycles. The fourth-order valence-corrected chi connectivity index (χ4v) is 3.95. The van der Waals surface area contributed by atoms with Gasteiger partial charge in [-0.25, -0.2) is 24.3 Å². The van der Waals surface area contributed by atoms with Gasteiger partial charge in [-0.2, -0.15) is 0 Å². The number of benzene rings is 1. The molecule has 3 aromatic rings. The monoisotopic (exact) mass is 363 g/mol. The number of nitrogens with zero attached hydrogens (tertiary/aromatic N) is 5. The van der Waals surface area contributed by atoms with Crippen LogP contribution in [0.3, 0.4) is 0 Å². The van der Waals surface area contributed by atoms with E-state index < -0.39 is 5.82 Å². The minimum atomic E-state index is -0.431. The van der Waals surface area contributed by atoms with Crippen LogP contribution in [0.1, 0.15) is 17.7 Å². The fourth-order valence-electron chi connectivity index (χ4n) is 3.95. The number of aromatic nitrogens is 4. The van der Waals surface area contributed by atoms with Gasteiger partial charge in [0, 0.05) is 30.4 Å². The predicted molar refractivity (Wildman–Crippen MR) is 97.6 cm³/mol. The molecule has 27 heavy (non-hydrogen) atoms. The standard InChI is InChI=1S/C20H18FN5O/c21-16-9-23-19(24-10-16)26-7-6-20(12-26)13-27-11-15-8-22-18(25-17(15)20)14-4-2-1-3-5-14/h1-5,8-10H,6-7,11-13H2/t20-/m0/s1. The van der Waals surface area contributed by atoms with Gasteiger partial charge >= 0.3 is 0 Å². The number of fused-ring (bicyclic) bond motifs is 2. The highest BCUT2D eigenvalue weighted by molar-refractivity contribution is 5.55. The van der Waals surface area contributed by atoms with E-state index in [1.54, 1.807) is 0 Å². The van der Waals surface area contributed by atoms with Crippen molar-refractivity contribution in [1.82, 2.24) is 19.9 Å². The Labute approximate surface area is 156 Å². The number of hydrogen-bond acceptors (Lipinski definition) is 6. The summed E-state index contributed by atoms with van der Waals surface area (Å²) >= 11 is 0. The van der Waals surface area contributed by atoms with E-state index in [0.717, 1.165) is 35.6 Å². The van der Waals surface area contributed by atoms with E-state index in [-0.39, 0.29) is 5.41 Å². The van der Waals surface area contributed by atoms with Gasteiger partial charge in [-0.05, 0) is 6.42 Å². The zero-order valence-corrected chi connectivity index (χ0v) is 14.7. The molecule has 0 amide bonds. The highest BCUT2D eigenvalue weighted by Gasteiger charge is 2.45. The third-order valence-electron chi connectivity index (χ3n) is 5.28. The predicted octanol–water partition coefficient (Wildman–Crippen LogP) is 2.75. The second kappa shape index (κ2) is 6.35. The van der Waals surface area contributed by atoms with Gasteiger partial charge in [0.25, 0.3) is 0 Å². The van der Waals surface area contributed by atoms with Crippen LogP contribution < -0.4 is 4.90 Å². The number of ether oxygens (including phenoxy) is 1. The number of hydrogen-bond donors (Lipinski definition) is 0. The van der Waals surface area contributed by atoms with Crippen LogP contribution in [-0.2, 0) is 16.8 Å². The summed E-state index contributed by atoms with van der Waals surface area (Å²) in [6.45, 7) is 2.60. The maximum absolute atomic E-state index is 13.1. The van der Waals surface area contributed by atoms with Gasteiger partial charge in [0.2, 0.25) is 5.95 Å². The minimum absolute atomic E-state index is 0.224. The van der Waals surface area contributed by atoms with Crippen LogP contribution >= 0.6 is 0 Å². The lowest BCUT2D eigenvalue weighted by atomic mass is 9.80. The normalized spacial score (nSPS) is 21.4. The van der Waals surface area contributed by atoms with E-state index in [9.17, 15) is 4.39 Å². The van der Waals surface area contributed by atoms with Crippen LogP contribution in [0.25, 0.3) is 11.4 Å².